The van der Waals surface area contributed by atoms with Gasteiger partial charge in [0.25, 0.3) is 0 Å². The molecule has 1 rings (SSSR count). The van der Waals surface area contributed by atoms with E-state index in [2.05, 4.69) is 20.8 Å². The minimum Gasteiger partial charge on any atom is -0.487 e. The first-order chi connectivity index (χ1) is 9.19. The summed E-state index contributed by atoms with van der Waals surface area (Å²) in [4.78, 5) is 0. The fourth-order valence-electron chi connectivity index (χ4n) is 1.97. The molecule has 0 N–H and O–H groups in total. The van der Waals surface area contributed by atoms with Crippen LogP contribution in [0.5, 0.6) is 5.75 Å². The SMILES string of the molecule is CCCO[C@@H](COC)[C@@H](Oc1ccccc1)C(C)C. The molecule has 0 bridgehead atoms. The number of benzene rings is 1. The van der Waals surface area contributed by atoms with Crippen molar-refractivity contribution in [2.45, 2.75) is 39.4 Å². The van der Waals surface area contributed by atoms with E-state index in [1.807, 2.05) is 30.3 Å². The van der Waals surface area contributed by atoms with Crippen molar-refractivity contribution < 1.29 is 14.2 Å². The third-order valence-electron chi connectivity index (χ3n) is 2.91. The molecule has 0 amide bonds. The minimum atomic E-state index is -0.0369. The summed E-state index contributed by atoms with van der Waals surface area (Å²) in [6, 6.07) is 9.88. The maximum absolute atomic E-state index is 6.08. The van der Waals surface area contributed by atoms with Gasteiger partial charge in [0.2, 0.25) is 0 Å². The van der Waals surface area contributed by atoms with E-state index in [0.29, 0.717) is 12.5 Å². The van der Waals surface area contributed by atoms with Crippen LogP contribution in [0, 0.1) is 5.92 Å². The molecule has 0 saturated carbocycles. The van der Waals surface area contributed by atoms with Gasteiger partial charge in [-0.15, -0.1) is 0 Å². The van der Waals surface area contributed by atoms with E-state index in [4.69, 9.17) is 14.2 Å². The van der Waals surface area contributed by atoms with Gasteiger partial charge in [-0.05, 0) is 24.5 Å². The van der Waals surface area contributed by atoms with Gasteiger partial charge in [-0.25, -0.2) is 0 Å². The topological polar surface area (TPSA) is 27.7 Å². The summed E-state index contributed by atoms with van der Waals surface area (Å²) < 4.78 is 17.2. The van der Waals surface area contributed by atoms with Crippen LogP contribution in [-0.4, -0.2) is 32.5 Å². The van der Waals surface area contributed by atoms with Gasteiger partial charge in [-0.1, -0.05) is 39.0 Å². The summed E-state index contributed by atoms with van der Waals surface area (Å²) in [5.41, 5.74) is 0. The molecule has 0 aliphatic heterocycles. The molecule has 108 valence electrons. The average molecular weight is 266 g/mol. The fourth-order valence-corrected chi connectivity index (χ4v) is 1.97. The monoisotopic (exact) mass is 266 g/mol. The second-order valence-corrected chi connectivity index (χ2v) is 5.00. The highest BCUT2D eigenvalue weighted by Crippen LogP contribution is 2.20. The molecule has 0 radical (unpaired) electrons. The zero-order valence-electron chi connectivity index (χ0n) is 12.5. The molecule has 3 heteroatoms. The van der Waals surface area contributed by atoms with Crippen LogP contribution in [0.15, 0.2) is 30.3 Å². The number of hydrogen-bond acceptors (Lipinski definition) is 3. The molecule has 0 aliphatic rings. The lowest BCUT2D eigenvalue weighted by Gasteiger charge is -2.30. The van der Waals surface area contributed by atoms with Crippen molar-refractivity contribution >= 4 is 0 Å². The highest BCUT2D eigenvalue weighted by molar-refractivity contribution is 5.21. The first-order valence-corrected chi connectivity index (χ1v) is 7.01. The Kier molecular flexibility index (Phi) is 7.53. The van der Waals surface area contributed by atoms with Gasteiger partial charge < -0.3 is 14.2 Å². The Morgan fingerprint density at radius 1 is 1.11 bits per heavy atom. The van der Waals surface area contributed by atoms with Crippen LogP contribution in [0.1, 0.15) is 27.2 Å². The number of methoxy groups -OCH3 is 1. The van der Waals surface area contributed by atoms with Gasteiger partial charge in [0, 0.05) is 13.7 Å². The second-order valence-electron chi connectivity index (χ2n) is 5.00. The van der Waals surface area contributed by atoms with Crippen LogP contribution in [-0.2, 0) is 9.47 Å². The van der Waals surface area contributed by atoms with Crippen molar-refractivity contribution in [2.24, 2.45) is 5.92 Å². The lowest BCUT2D eigenvalue weighted by Crippen LogP contribution is -2.41. The van der Waals surface area contributed by atoms with Crippen molar-refractivity contribution in [1.29, 1.82) is 0 Å². The Bertz CT molecular complexity index is 324. The molecule has 0 spiro atoms. The molecule has 1 aromatic carbocycles. The highest BCUT2D eigenvalue weighted by atomic mass is 16.6. The van der Waals surface area contributed by atoms with Crippen LogP contribution in [0.2, 0.25) is 0 Å². The normalized spacial score (nSPS) is 14.4. The molecule has 0 heterocycles. The molecule has 0 saturated heterocycles. The maximum Gasteiger partial charge on any atom is 0.129 e. The minimum absolute atomic E-state index is 0.00565. The van der Waals surface area contributed by atoms with Gasteiger partial charge in [0.05, 0.1) is 6.61 Å². The van der Waals surface area contributed by atoms with Crippen LogP contribution >= 0.6 is 0 Å². The molecular formula is C16H26O3. The number of hydrogen-bond donors (Lipinski definition) is 0. The van der Waals surface area contributed by atoms with E-state index in [1.54, 1.807) is 7.11 Å². The van der Waals surface area contributed by atoms with E-state index in [-0.39, 0.29) is 12.2 Å². The third kappa shape index (κ3) is 5.62. The Balaban J connectivity index is 2.72. The summed E-state index contributed by atoms with van der Waals surface area (Å²) in [5.74, 6) is 1.24. The van der Waals surface area contributed by atoms with Crippen molar-refractivity contribution in [2.75, 3.05) is 20.3 Å². The Labute approximate surface area is 116 Å². The standard InChI is InChI=1S/C16H26O3/c1-5-11-18-15(12-17-4)16(13(2)3)19-14-9-7-6-8-10-14/h6-10,13,15-16H,5,11-12H2,1-4H3/t15-,16-/m0/s1. The van der Waals surface area contributed by atoms with Crippen molar-refractivity contribution in [3.8, 4) is 5.75 Å². The van der Waals surface area contributed by atoms with Crippen molar-refractivity contribution in [3.05, 3.63) is 30.3 Å². The fraction of sp³-hybridized carbons (Fsp3) is 0.625. The van der Waals surface area contributed by atoms with E-state index in [0.717, 1.165) is 18.8 Å². The van der Waals surface area contributed by atoms with Gasteiger partial charge >= 0.3 is 0 Å². The van der Waals surface area contributed by atoms with E-state index in [1.165, 1.54) is 0 Å². The van der Waals surface area contributed by atoms with E-state index >= 15 is 0 Å². The van der Waals surface area contributed by atoms with Gasteiger partial charge in [-0.3, -0.25) is 0 Å². The largest absolute Gasteiger partial charge is 0.487 e. The zero-order chi connectivity index (χ0) is 14.1. The van der Waals surface area contributed by atoms with Crippen LogP contribution < -0.4 is 4.74 Å². The predicted octanol–water partition coefficient (Wildman–Crippen LogP) is 3.53. The Hall–Kier alpha value is -1.06. The van der Waals surface area contributed by atoms with Crippen molar-refractivity contribution in [3.63, 3.8) is 0 Å². The molecular weight excluding hydrogens is 240 g/mol. The molecule has 0 unspecified atom stereocenters. The Morgan fingerprint density at radius 3 is 2.32 bits per heavy atom. The summed E-state index contributed by atoms with van der Waals surface area (Å²) in [6.07, 6.45) is 0.954. The van der Waals surface area contributed by atoms with Gasteiger partial charge in [0.1, 0.15) is 18.0 Å². The number of para-hydroxylation sites is 1. The summed E-state index contributed by atoms with van der Waals surface area (Å²) in [5, 5.41) is 0. The zero-order valence-corrected chi connectivity index (χ0v) is 12.5. The molecule has 0 aliphatic carbocycles. The smallest absolute Gasteiger partial charge is 0.129 e. The Morgan fingerprint density at radius 2 is 1.79 bits per heavy atom. The van der Waals surface area contributed by atoms with Gasteiger partial charge in [-0.2, -0.15) is 0 Å². The first kappa shape index (κ1) is 16.0. The molecule has 1 aromatic rings. The molecule has 0 fully saturated rings. The summed E-state index contributed by atoms with van der Waals surface area (Å²) >= 11 is 0. The quantitative estimate of drug-likeness (QED) is 0.684. The molecule has 3 nitrogen and oxygen atoms in total. The number of rotatable bonds is 9. The lowest BCUT2D eigenvalue weighted by molar-refractivity contribution is -0.0759. The van der Waals surface area contributed by atoms with E-state index in [9.17, 15) is 0 Å². The molecule has 2 atom stereocenters. The van der Waals surface area contributed by atoms with Crippen LogP contribution in [0.3, 0.4) is 0 Å². The summed E-state index contributed by atoms with van der Waals surface area (Å²) in [7, 11) is 1.70. The van der Waals surface area contributed by atoms with Crippen LogP contribution in [0.25, 0.3) is 0 Å². The lowest BCUT2D eigenvalue weighted by atomic mass is 10.0. The van der Waals surface area contributed by atoms with Gasteiger partial charge in [0.15, 0.2) is 0 Å². The average Bonchev–Trinajstić information content (AvgIpc) is 2.42. The highest BCUT2D eigenvalue weighted by Gasteiger charge is 2.27. The summed E-state index contributed by atoms with van der Waals surface area (Å²) in [6.45, 7) is 7.68. The first-order valence-electron chi connectivity index (χ1n) is 7.01. The second kappa shape index (κ2) is 8.94. The third-order valence-corrected chi connectivity index (χ3v) is 2.91. The van der Waals surface area contributed by atoms with Crippen molar-refractivity contribution in [1.82, 2.24) is 0 Å². The van der Waals surface area contributed by atoms with E-state index < -0.39 is 0 Å². The predicted molar refractivity (Wildman–Crippen MR) is 77.6 cm³/mol. The molecule has 19 heavy (non-hydrogen) atoms. The van der Waals surface area contributed by atoms with Crippen LogP contribution in [0.4, 0.5) is 0 Å². The maximum atomic E-state index is 6.08. The number of ether oxygens (including phenoxy) is 3. The molecule has 0 aromatic heterocycles.